The number of hydrogen-bond acceptors (Lipinski definition) is 5. The van der Waals surface area contributed by atoms with Crippen molar-refractivity contribution in [1.29, 1.82) is 0 Å². The van der Waals surface area contributed by atoms with Crippen LogP contribution in [0.4, 0.5) is 0 Å². The van der Waals surface area contributed by atoms with E-state index in [9.17, 15) is 9.59 Å². The van der Waals surface area contributed by atoms with Crippen molar-refractivity contribution in [3.05, 3.63) is 33.5 Å². The number of carbonyl (C=O) groups is 2. The molecule has 0 atom stereocenters. The van der Waals surface area contributed by atoms with Crippen LogP contribution in [0.3, 0.4) is 0 Å². The van der Waals surface area contributed by atoms with E-state index in [4.69, 9.17) is 0 Å². The van der Waals surface area contributed by atoms with Gasteiger partial charge in [0, 0.05) is 37.7 Å². The maximum Gasteiger partial charge on any atom is 0.223 e. The quantitative estimate of drug-likeness (QED) is 0.761. The summed E-state index contributed by atoms with van der Waals surface area (Å²) in [6.45, 7) is 3.34. The van der Waals surface area contributed by atoms with E-state index in [0.717, 1.165) is 40.8 Å². The first kappa shape index (κ1) is 15.9. The molecule has 6 nitrogen and oxygen atoms in total. The standard InChI is InChI=1S/C16H20N4O2S/c1-11-5-7-13(23-11)12(21)6-8-16(22)19(2)10-15-18-17-14-4-3-9-20(14)15/h5,7H,3-4,6,8-10H2,1-2H3. The third-order valence-electron chi connectivity index (χ3n) is 4.07. The van der Waals surface area contributed by atoms with Crippen LogP contribution in [0.25, 0.3) is 0 Å². The first-order valence-electron chi connectivity index (χ1n) is 7.79. The summed E-state index contributed by atoms with van der Waals surface area (Å²) in [7, 11) is 1.75. The van der Waals surface area contributed by atoms with E-state index >= 15 is 0 Å². The molecule has 0 aromatic carbocycles. The number of aromatic nitrogens is 3. The van der Waals surface area contributed by atoms with Gasteiger partial charge in [-0.2, -0.15) is 0 Å². The summed E-state index contributed by atoms with van der Waals surface area (Å²) in [4.78, 5) is 27.8. The third kappa shape index (κ3) is 3.50. The van der Waals surface area contributed by atoms with Crippen molar-refractivity contribution in [3.8, 4) is 0 Å². The van der Waals surface area contributed by atoms with E-state index in [-0.39, 0.29) is 24.5 Å². The maximum atomic E-state index is 12.2. The zero-order valence-corrected chi connectivity index (χ0v) is 14.2. The number of ketones is 1. The van der Waals surface area contributed by atoms with E-state index in [1.807, 2.05) is 19.1 Å². The Balaban J connectivity index is 1.52. The molecular weight excluding hydrogens is 312 g/mol. The van der Waals surface area contributed by atoms with Crippen LogP contribution < -0.4 is 0 Å². The van der Waals surface area contributed by atoms with Crippen molar-refractivity contribution in [2.45, 2.75) is 45.7 Å². The summed E-state index contributed by atoms with van der Waals surface area (Å²) < 4.78 is 2.09. The van der Waals surface area contributed by atoms with Gasteiger partial charge in [0.1, 0.15) is 5.82 Å². The van der Waals surface area contributed by atoms with Gasteiger partial charge >= 0.3 is 0 Å². The fourth-order valence-corrected chi connectivity index (χ4v) is 3.58. The SMILES string of the molecule is Cc1ccc(C(=O)CCC(=O)N(C)Cc2nnc3n2CCC3)s1. The second-order valence-corrected chi connectivity index (χ2v) is 7.16. The Bertz CT molecular complexity index is 734. The number of Topliss-reactive ketones (excluding diaryl/α,β-unsaturated/α-hetero) is 1. The van der Waals surface area contributed by atoms with Crippen LogP contribution in [0.15, 0.2) is 12.1 Å². The lowest BCUT2D eigenvalue weighted by atomic mass is 10.2. The van der Waals surface area contributed by atoms with Crippen molar-refractivity contribution in [3.63, 3.8) is 0 Å². The van der Waals surface area contributed by atoms with Gasteiger partial charge in [0.15, 0.2) is 11.6 Å². The Hall–Kier alpha value is -2.02. The normalized spacial score (nSPS) is 13.1. The van der Waals surface area contributed by atoms with Crippen LogP contribution in [-0.4, -0.2) is 38.4 Å². The Morgan fingerprint density at radius 1 is 1.30 bits per heavy atom. The molecule has 0 bridgehead atoms. The topological polar surface area (TPSA) is 68.1 Å². The lowest BCUT2D eigenvalue weighted by Gasteiger charge is -2.16. The number of hydrogen-bond donors (Lipinski definition) is 0. The number of carbonyl (C=O) groups excluding carboxylic acids is 2. The predicted octanol–water partition coefficient (Wildman–Crippen LogP) is 2.22. The zero-order chi connectivity index (χ0) is 16.4. The van der Waals surface area contributed by atoms with E-state index in [1.54, 1.807) is 11.9 Å². The fraction of sp³-hybridized carbons (Fsp3) is 0.500. The average Bonchev–Trinajstić information content (AvgIpc) is 3.23. The van der Waals surface area contributed by atoms with Crippen molar-refractivity contribution in [2.75, 3.05) is 7.05 Å². The molecule has 0 aliphatic carbocycles. The van der Waals surface area contributed by atoms with E-state index in [2.05, 4.69) is 14.8 Å². The van der Waals surface area contributed by atoms with Crippen molar-refractivity contribution >= 4 is 23.0 Å². The molecule has 0 fully saturated rings. The maximum absolute atomic E-state index is 12.2. The third-order valence-corrected chi connectivity index (χ3v) is 5.11. The lowest BCUT2D eigenvalue weighted by molar-refractivity contribution is -0.130. The minimum atomic E-state index is -0.0398. The van der Waals surface area contributed by atoms with Gasteiger partial charge in [-0.25, -0.2) is 0 Å². The predicted molar refractivity (Wildman–Crippen MR) is 87.4 cm³/mol. The number of nitrogens with zero attached hydrogens (tertiary/aromatic N) is 4. The van der Waals surface area contributed by atoms with Gasteiger partial charge in [0.25, 0.3) is 0 Å². The molecule has 0 N–H and O–H groups in total. The average molecular weight is 332 g/mol. The molecule has 1 aliphatic heterocycles. The highest BCUT2D eigenvalue weighted by Gasteiger charge is 2.20. The van der Waals surface area contributed by atoms with Crippen LogP contribution in [0.5, 0.6) is 0 Å². The highest BCUT2D eigenvalue weighted by atomic mass is 32.1. The van der Waals surface area contributed by atoms with Crippen LogP contribution >= 0.6 is 11.3 Å². The number of thiophene rings is 1. The minimum Gasteiger partial charge on any atom is -0.338 e. The van der Waals surface area contributed by atoms with E-state index in [0.29, 0.717) is 6.54 Å². The molecule has 2 aromatic rings. The van der Waals surface area contributed by atoms with Crippen molar-refractivity contribution in [1.82, 2.24) is 19.7 Å². The Labute approximate surface area is 139 Å². The summed E-state index contributed by atoms with van der Waals surface area (Å²) in [6, 6.07) is 3.76. The smallest absolute Gasteiger partial charge is 0.223 e. The van der Waals surface area contributed by atoms with Crippen LogP contribution in [0.1, 0.15) is 45.5 Å². The summed E-state index contributed by atoms with van der Waals surface area (Å²) in [6.07, 6.45) is 2.53. The molecule has 0 radical (unpaired) electrons. The van der Waals surface area contributed by atoms with Crippen LogP contribution in [0.2, 0.25) is 0 Å². The first-order valence-corrected chi connectivity index (χ1v) is 8.61. The van der Waals surface area contributed by atoms with Gasteiger partial charge in [0.2, 0.25) is 5.91 Å². The van der Waals surface area contributed by atoms with Gasteiger partial charge in [0.05, 0.1) is 11.4 Å². The molecule has 1 amide bonds. The highest BCUT2D eigenvalue weighted by molar-refractivity contribution is 7.14. The fourth-order valence-electron chi connectivity index (χ4n) is 2.75. The number of amides is 1. The largest absolute Gasteiger partial charge is 0.338 e. The molecule has 23 heavy (non-hydrogen) atoms. The Morgan fingerprint density at radius 3 is 2.87 bits per heavy atom. The van der Waals surface area contributed by atoms with Crippen molar-refractivity contribution < 1.29 is 9.59 Å². The Kier molecular flexibility index (Phi) is 4.56. The molecule has 122 valence electrons. The first-order chi connectivity index (χ1) is 11.0. The summed E-state index contributed by atoms with van der Waals surface area (Å²) >= 11 is 1.48. The van der Waals surface area contributed by atoms with Gasteiger partial charge in [-0.1, -0.05) is 0 Å². The molecule has 0 saturated heterocycles. The lowest BCUT2D eigenvalue weighted by Crippen LogP contribution is -2.28. The Morgan fingerprint density at radius 2 is 2.13 bits per heavy atom. The van der Waals surface area contributed by atoms with Crippen LogP contribution in [-0.2, 0) is 24.3 Å². The van der Waals surface area contributed by atoms with Crippen LogP contribution in [0, 0.1) is 6.92 Å². The highest BCUT2D eigenvalue weighted by Crippen LogP contribution is 2.18. The van der Waals surface area contributed by atoms with Gasteiger partial charge in [-0.15, -0.1) is 21.5 Å². The number of rotatable bonds is 6. The van der Waals surface area contributed by atoms with E-state index in [1.165, 1.54) is 11.3 Å². The molecule has 7 heteroatoms. The molecule has 0 unspecified atom stereocenters. The molecular formula is C16H20N4O2S. The second-order valence-electron chi connectivity index (χ2n) is 5.87. The summed E-state index contributed by atoms with van der Waals surface area (Å²) in [5.41, 5.74) is 0. The van der Waals surface area contributed by atoms with Crippen molar-refractivity contribution in [2.24, 2.45) is 0 Å². The molecule has 3 heterocycles. The van der Waals surface area contributed by atoms with Gasteiger partial charge in [-0.3, -0.25) is 9.59 Å². The molecule has 1 aliphatic rings. The molecule has 3 rings (SSSR count). The zero-order valence-electron chi connectivity index (χ0n) is 13.4. The summed E-state index contributed by atoms with van der Waals surface area (Å²) in [5.74, 6) is 1.83. The number of aryl methyl sites for hydroxylation is 2. The second kappa shape index (κ2) is 6.62. The minimum absolute atomic E-state index is 0.0354. The monoisotopic (exact) mass is 332 g/mol. The van der Waals surface area contributed by atoms with E-state index < -0.39 is 0 Å². The van der Waals surface area contributed by atoms with Gasteiger partial charge in [-0.05, 0) is 25.5 Å². The molecule has 2 aromatic heterocycles. The molecule has 0 saturated carbocycles. The summed E-state index contributed by atoms with van der Waals surface area (Å²) in [5, 5.41) is 8.31. The number of fused-ring (bicyclic) bond motifs is 1. The molecule has 0 spiro atoms. The van der Waals surface area contributed by atoms with Gasteiger partial charge < -0.3 is 9.47 Å².